The lowest BCUT2D eigenvalue weighted by Crippen LogP contribution is -2.40. The molecule has 0 radical (unpaired) electrons. The van der Waals surface area contributed by atoms with E-state index in [4.69, 9.17) is 9.84 Å². The number of aliphatic hydroxyl groups excluding tert-OH is 1. The number of rotatable bonds is 10. The Balaban J connectivity index is 1.67. The molecule has 0 atom stereocenters. The molecule has 1 amide bonds. The van der Waals surface area contributed by atoms with Gasteiger partial charge in [0.25, 0.3) is 5.69 Å². The number of carbonyl (C=O) groups is 1. The highest BCUT2D eigenvalue weighted by atomic mass is 32.2. The van der Waals surface area contributed by atoms with Gasteiger partial charge in [-0.25, -0.2) is 8.42 Å². The van der Waals surface area contributed by atoms with Crippen LogP contribution < -0.4 is 16.0 Å². The van der Waals surface area contributed by atoms with E-state index in [0.717, 1.165) is 0 Å². The fraction of sp³-hybridized carbons (Fsp3) is 0.350. The standard InChI is InChI=1S/C20H25N5O7S/c26-9-6-21-18-5-4-16(25(28)29)13-19(18)22-14-20(27)23-15-2-1-3-17(12-15)33(30,31)24-7-10-32-11-8-24/h1-5,12-13,21-22,26H,6-11,14H2,(H,23,27). The second-order valence-electron chi connectivity index (χ2n) is 7.08. The molecule has 0 aromatic heterocycles. The Kier molecular flexibility index (Phi) is 8.16. The predicted octanol–water partition coefficient (Wildman–Crippen LogP) is 1.07. The third kappa shape index (κ3) is 6.38. The smallest absolute Gasteiger partial charge is 0.271 e. The lowest BCUT2D eigenvalue weighted by Gasteiger charge is -2.26. The zero-order chi connectivity index (χ0) is 23.8. The Bertz CT molecular complexity index is 1100. The SMILES string of the molecule is O=C(CNc1cc([N+](=O)[O-])ccc1NCCO)Nc1cccc(S(=O)(=O)N2CCOCC2)c1. The molecule has 0 aliphatic carbocycles. The monoisotopic (exact) mass is 479 g/mol. The molecule has 33 heavy (non-hydrogen) atoms. The molecule has 3 rings (SSSR count). The summed E-state index contributed by atoms with van der Waals surface area (Å²) in [7, 11) is -3.71. The Morgan fingerprint density at radius 2 is 1.88 bits per heavy atom. The van der Waals surface area contributed by atoms with E-state index in [2.05, 4.69) is 16.0 Å². The van der Waals surface area contributed by atoms with Crippen LogP contribution in [0.2, 0.25) is 0 Å². The van der Waals surface area contributed by atoms with Gasteiger partial charge in [-0.2, -0.15) is 4.31 Å². The highest BCUT2D eigenvalue weighted by Gasteiger charge is 2.26. The molecular formula is C20H25N5O7S. The van der Waals surface area contributed by atoms with Crippen molar-refractivity contribution >= 4 is 38.7 Å². The molecule has 1 heterocycles. The third-order valence-corrected chi connectivity index (χ3v) is 6.70. The minimum Gasteiger partial charge on any atom is -0.395 e. The Morgan fingerprint density at radius 3 is 2.58 bits per heavy atom. The van der Waals surface area contributed by atoms with E-state index in [1.165, 1.54) is 40.7 Å². The number of non-ortho nitro benzene ring substituents is 1. The molecule has 1 fully saturated rings. The number of nitro benzene ring substituents is 1. The number of sulfonamides is 1. The molecule has 2 aromatic rings. The quantitative estimate of drug-likeness (QED) is 0.288. The number of amides is 1. The zero-order valence-electron chi connectivity index (χ0n) is 17.7. The Hall–Kier alpha value is -3.26. The van der Waals surface area contributed by atoms with Crippen molar-refractivity contribution in [1.82, 2.24) is 4.31 Å². The molecule has 0 spiro atoms. The number of hydrogen-bond acceptors (Lipinski definition) is 9. The maximum absolute atomic E-state index is 12.8. The summed E-state index contributed by atoms with van der Waals surface area (Å²) in [6, 6.07) is 10.0. The number of aliphatic hydroxyl groups is 1. The summed E-state index contributed by atoms with van der Waals surface area (Å²) >= 11 is 0. The summed E-state index contributed by atoms with van der Waals surface area (Å²) in [6.45, 7) is 1.04. The lowest BCUT2D eigenvalue weighted by atomic mass is 10.2. The van der Waals surface area contributed by atoms with Crippen LogP contribution in [0.25, 0.3) is 0 Å². The first kappa shape index (κ1) is 24.4. The minimum atomic E-state index is -3.71. The van der Waals surface area contributed by atoms with E-state index in [9.17, 15) is 23.3 Å². The maximum Gasteiger partial charge on any atom is 0.271 e. The summed E-state index contributed by atoms with van der Waals surface area (Å²) in [5.41, 5.74) is 0.944. The van der Waals surface area contributed by atoms with Crippen molar-refractivity contribution in [3.63, 3.8) is 0 Å². The topological polar surface area (TPSA) is 163 Å². The summed E-state index contributed by atoms with van der Waals surface area (Å²) in [5, 5.41) is 28.4. The van der Waals surface area contributed by atoms with Crippen molar-refractivity contribution in [2.45, 2.75) is 4.90 Å². The number of carbonyl (C=O) groups excluding carboxylic acids is 1. The molecule has 0 unspecified atom stereocenters. The summed E-state index contributed by atoms with van der Waals surface area (Å²) in [5.74, 6) is -0.476. The fourth-order valence-corrected chi connectivity index (χ4v) is 4.64. The van der Waals surface area contributed by atoms with Crippen molar-refractivity contribution in [2.75, 3.05) is 62.0 Å². The van der Waals surface area contributed by atoms with Crippen molar-refractivity contribution in [1.29, 1.82) is 0 Å². The second-order valence-corrected chi connectivity index (χ2v) is 9.02. The van der Waals surface area contributed by atoms with Crippen LogP contribution in [0.3, 0.4) is 0 Å². The number of morpholine rings is 1. The summed E-state index contributed by atoms with van der Waals surface area (Å²) in [4.78, 5) is 23.0. The average molecular weight is 480 g/mol. The Labute approximate surface area is 190 Å². The first-order chi connectivity index (χ1) is 15.8. The van der Waals surface area contributed by atoms with E-state index in [1.807, 2.05) is 0 Å². The van der Waals surface area contributed by atoms with Crippen LogP contribution >= 0.6 is 0 Å². The molecular weight excluding hydrogens is 454 g/mol. The molecule has 1 saturated heterocycles. The van der Waals surface area contributed by atoms with Gasteiger partial charge in [0.2, 0.25) is 15.9 Å². The van der Waals surface area contributed by atoms with Crippen molar-refractivity contribution in [3.8, 4) is 0 Å². The second kappa shape index (κ2) is 11.0. The van der Waals surface area contributed by atoms with Crippen LogP contribution in [-0.4, -0.2) is 74.7 Å². The number of benzene rings is 2. The predicted molar refractivity (Wildman–Crippen MR) is 122 cm³/mol. The molecule has 1 aliphatic rings. The van der Waals surface area contributed by atoms with Crippen LogP contribution in [0.15, 0.2) is 47.4 Å². The molecule has 13 heteroatoms. The number of nitrogens with zero attached hydrogens (tertiary/aromatic N) is 2. The normalized spacial score (nSPS) is 14.5. The van der Waals surface area contributed by atoms with Gasteiger partial charge in [-0.05, 0) is 24.3 Å². The van der Waals surface area contributed by atoms with Gasteiger partial charge in [-0.3, -0.25) is 14.9 Å². The van der Waals surface area contributed by atoms with Gasteiger partial charge in [-0.1, -0.05) is 6.07 Å². The van der Waals surface area contributed by atoms with Gasteiger partial charge in [0.15, 0.2) is 0 Å². The van der Waals surface area contributed by atoms with E-state index in [0.29, 0.717) is 30.3 Å². The van der Waals surface area contributed by atoms with Crippen molar-refractivity contribution < 1.29 is 28.0 Å². The van der Waals surface area contributed by atoms with E-state index < -0.39 is 20.9 Å². The van der Waals surface area contributed by atoms with Crippen molar-refractivity contribution in [2.24, 2.45) is 0 Å². The number of nitrogens with one attached hydrogen (secondary N) is 3. The molecule has 0 bridgehead atoms. The van der Waals surface area contributed by atoms with Crippen LogP contribution in [0.1, 0.15) is 0 Å². The van der Waals surface area contributed by atoms with Crippen LogP contribution in [0.5, 0.6) is 0 Å². The largest absolute Gasteiger partial charge is 0.395 e. The zero-order valence-corrected chi connectivity index (χ0v) is 18.5. The van der Waals surface area contributed by atoms with Crippen LogP contribution in [0, 0.1) is 10.1 Å². The summed E-state index contributed by atoms with van der Waals surface area (Å²) < 4.78 is 32.2. The molecule has 2 aromatic carbocycles. The van der Waals surface area contributed by atoms with E-state index in [1.54, 1.807) is 6.07 Å². The highest BCUT2D eigenvalue weighted by Crippen LogP contribution is 2.27. The Morgan fingerprint density at radius 1 is 1.12 bits per heavy atom. The van der Waals surface area contributed by atoms with Crippen LogP contribution in [-0.2, 0) is 19.6 Å². The van der Waals surface area contributed by atoms with Gasteiger partial charge >= 0.3 is 0 Å². The lowest BCUT2D eigenvalue weighted by molar-refractivity contribution is -0.384. The fourth-order valence-electron chi connectivity index (χ4n) is 3.19. The van der Waals surface area contributed by atoms with E-state index in [-0.39, 0.29) is 43.4 Å². The molecule has 178 valence electrons. The first-order valence-electron chi connectivity index (χ1n) is 10.2. The van der Waals surface area contributed by atoms with Gasteiger partial charge in [0.1, 0.15) is 0 Å². The van der Waals surface area contributed by atoms with Gasteiger partial charge in [0, 0.05) is 37.5 Å². The van der Waals surface area contributed by atoms with Gasteiger partial charge in [-0.15, -0.1) is 0 Å². The molecule has 0 saturated carbocycles. The number of hydrogen-bond donors (Lipinski definition) is 4. The van der Waals surface area contributed by atoms with Gasteiger partial charge < -0.3 is 25.8 Å². The molecule has 1 aliphatic heterocycles. The van der Waals surface area contributed by atoms with Gasteiger partial charge in [0.05, 0.1) is 47.6 Å². The molecule has 12 nitrogen and oxygen atoms in total. The first-order valence-corrected chi connectivity index (χ1v) is 11.6. The minimum absolute atomic E-state index is 0.0596. The van der Waals surface area contributed by atoms with E-state index >= 15 is 0 Å². The van der Waals surface area contributed by atoms with Crippen LogP contribution in [0.4, 0.5) is 22.7 Å². The average Bonchev–Trinajstić information content (AvgIpc) is 2.82. The number of anilines is 3. The summed E-state index contributed by atoms with van der Waals surface area (Å²) in [6.07, 6.45) is 0. The third-order valence-electron chi connectivity index (χ3n) is 4.81. The number of ether oxygens (including phenoxy) is 1. The molecule has 4 N–H and O–H groups in total. The number of nitro groups is 1. The highest BCUT2D eigenvalue weighted by molar-refractivity contribution is 7.89. The van der Waals surface area contributed by atoms with Crippen molar-refractivity contribution in [3.05, 3.63) is 52.6 Å². The maximum atomic E-state index is 12.8.